The van der Waals surface area contributed by atoms with Gasteiger partial charge in [-0.2, -0.15) is 0 Å². The third kappa shape index (κ3) is 8.33. The third-order valence-electron chi connectivity index (χ3n) is 6.47. The number of nitrogens with one attached hydrogen (secondary N) is 2. The number of benzene rings is 1. The van der Waals surface area contributed by atoms with E-state index in [0.29, 0.717) is 24.8 Å². The molecule has 176 valence electrons. The van der Waals surface area contributed by atoms with E-state index in [1.54, 1.807) is 13.2 Å². The van der Waals surface area contributed by atoms with Gasteiger partial charge in [0.05, 0.1) is 7.11 Å². The molecular formula is C24H41IN4O2. The van der Waals surface area contributed by atoms with Crippen molar-refractivity contribution in [2.45, 2.75) is 64.3 Å². The molecule has 1 aromatic rings. The third-order valence-corrected chi connectivity index (χ3v) is 6.47. The standard InChI is InChI=1S/C24H40N4O2.HI/c1-3-25-24(26-15-12-20-10-7-11-22(30-2)23(20)29)27-21-13-16-28(17-14-21)18-19-8-5-4-6-9-19;/h7,10-11,19,21,29H,3-6,8-9,12-18H2,1-2H3,(H2,25,26,27);1H. The molecular weight excluding hydrogens is 503 g/mol. The number of phenols is 1. The molecule has 0 radical (unpaired) electrons. The van der Waals surface area contributed by atoms with Gasteiger partial charge >= 0.3 is 0 Å². The van der Waals surface area contributed by atoms with E-state index in [9.17, 15) is 5.11 Å². The molecule has 1 heterocycles. The van der Waals surface area contributed by atoms with E-state index < -0.39 is 0 Å². The van der Waals surface area contributed by atoms with E-state index in [4.69, 9.17) is 9.73 Å². The van der Waals surface area contributed by atoms with Gasteiger partial charge in [-0.25, -0.2) is 0 Å². The fourth-order valence-corrected chi connectivity index (χ4v) is 4.73. The normalized spacial score (nSPS) is 19.0. The van der Waals surface area contributed by atoms with E-state index >= 15 is 0 Å². The molecule has 0 amide bonds. The van der Waals surface area contributed by atoms with Gasteiger partial charge in [0.1, 0.15) is 0 Å². The number of guanidine groups is 1. The van der Waals surface area contributed by atoms with Crippen molar-refractivity contribution in [3.05, 3.63) is 23.8 Å². The van der Waals surface area contributed by atoms with Crippen molar-refractivity contribution in [1.29, 1.82) is 0 Å². The zero-order chi connectivity index (χ0) is 21.2. The summed E-state index contributed by atoms with van der Waals surface area (Å²) in [6.07, 6.45) is 10.2. The lowest BCUT2D eigenvalue weighted by Gasteiger charge is -2.36. The van der Waals surface area contributed by atoms with Gasteiger partial charge in [0.15, 0.2) is 17.5 Å². The minimum absolute atomic E-state index is 0. The maximum atomic E-state index is 10.3. The Hall–Kier alpha value is -1.22. The highest BCUT2D eigenvalue weighted by Gasteiger charge is 2.23. The average Bonchev–Trinajstić information content (AvgIpc) is 2.77. The number of hydrogen-bond donors (Lipinski definition) is 3. The van der Waals surface area contributed by atoms with Gasteiger partial charge in [-0.1, -0.05) is 31.4 Å². The Bertz CT molecular complexity index is 672. The number of aromatic hydroxyl groups is 1. The molecule has 2 aliphatic rings. The molecule has 6 nitrogen and oxygen atoms in total. The SMILES string of the molecule is CCNC(=NCCc1cccc(OC)c1O)NC1CCN(CC2CCCCC2)CC1.I. The number of methoxy groups -OCH3 is 1. The van der Waals surface area contributed by atoms with Crippen LogP contribution in [-0.4, -0.2) is 61.8 Å². The van der Waals surface area contributed by atoms with Gasteiger partial charge in [0.2, 0.25) is 0 Å². The van der Waals surface area contributed by atoms with Crippen LogP contribution in [0.2, 0.25) is 0 Å². The number of halogens is 1. The molecule has 0 aromatic heterocycles. The van der Waals surface area contributed by atoms with Gasteiger partial charge in [-0.05, 0) is 56.6 Å². The van der Waals surface area contributed by atoms with Crippen molar-refractivity contribution >= 4 is 29.9 Å². The molecule has 0 bridgehead atoms. The summed E-state index contributed by atoms with van der Waals surface area (Å²) in [5.41, 5.74) is 0.866. The zero-order valence-electron chi connectivity index (χ0n) is 19.2. The van der Waals surface area contributed by atoms with E-state index in [-0.39, 0.29) is 29.7 Å². The molecule has 2 fully saturated rings. The number of hydrogen-bond acceptors (Lipinski definition) is 4. The molecule has 0 atom stereocenters. The minimum Gasteiger partial charge on any atom is -0.504 e. The molecule has 7 heteroatoms. The zero-order valence-corrected chi connectivity index (χ0v) is 21.6. The van der Waals surface area contributed by atoms with Crippen LogP contribution in [0.25, 0.3) is 0 Å². The van der Waals surface area contributed by atoms with Crippen LogP contribution in [0.3, 0.4) is 0 Å². The van der Waals surface area contributed by atoms with Crippen molar-refractivity contribution in [3.8, 4) is 11.5 Å². The molecule has 1 saturated heterocycles. The van der Waals surface area contributed by atoms with Crippen LogP contribution in [0.15, 0.2) is 23.2 Å². The first kappa shape index (κ1) is 26.0. The van der Waals surface area contributed by atoms with Crippen molar-refractivity contribution in [1.82, 2.24) is 15.5 Å². The molecule has 3 rings (SSSR count). The largest absolute Gasteiger partial charge is 0.504 e. The highest BCUT2D eigenvalue weighted by atomic mass is 127. The number of phenolic OH excluding ortho intramolecular Hbond substituents is 1. The predicted octanol–water partition coefficient (Wildman–Crippen LogP) is 4.16. The molecule has 3 N–H and O–H groups in total. The van der Waals surface area contributed by atoms with E-state index in [1.165, 1.54) is 64.6 Å². The van der Waals surface area contributed by atoms with E-state index in [2.05, 4.69) is 22.5 Å². The molecule has 1 aliphatic heterocycles. The minimum atomic E-state index is 0. The predicted molar refractivity (Wildman–Crippen MR) is 139 cm³/mol. The second-order valence-corrected chi connectivity index (χ2v) is 8.70. The molecule has 1 saturated carbocycles. The Kier molecular flexibility index (Phi) is 11.8. The summed E-state index contributed by atoms with van der Waals surface area (Å²) < 4.78 is 5.19. The lowest BCUT2D eigenvalue weighted by molar-refractivity contribution is 0.160. The van der Waals surface area contributed by atoms with Crippen molar-refractivity contribution in [2.24, 2.45) is 10.9 Å². The monoisotopic (exact) mass is 544 g/mol. The molecule has 1 aliphatic carbocycles. The Morgan fingerprint density at radius 2 is 1.90 bits per heavy atom. The fourth-order valence-electron chi connectivity index (χ4n) is 4.73. The number of para-hydroxylation sites is 1. The number of aliphatic imine (C=N–C) groups is 1. The van der Waals surface area contributed by atoms with Gasteiger partial charge < -0.3 is 25.4 Å². The van der Waals surface area contributed by atoms with Gasteiger partial charge in [-0.15, -0.1) is 24.0 Å². The van der Waals surface area contributed by atoms with E-state index in [1.807, 2.05) is 12.1 Å². The average molecular weight is 545 g/mol. The second kappa shape index (κ2) is 14.0. The number of ether oxygens (including phenoxy) is 1. The maximum absolute atomic E-state index is 10.3. The first-order valence-electron chi connectivity index (χ1n) is 11.8. The topological polar surface area (TPSA) is 69.1 Å². The van der Waals surface area contributed by atoms with Crippen LogP contribution in [-0.2, 0) is 6.42 Å². The van der Waals surface area contributed by atoms with Crippen LogP contribution in [0.4, 0.5) is 0 Å². The van der Waals surface area contributed by atoms with Crippen molar-refractivity contribution in [3.63, 3.8) is 0 Å². The van der Waals surface area contributed by atoms with Crippen molar-refractivity contribution in [2.75, 3.05) is 39.8 Å². The Morgan fingerprint density at radius 1 is 1.16 bits per heavy atom. The van der Waals surface area contributed by atoms with Crippen LogP contribution in [0.1, 0.15) is 57.4 Å². The second-order valence-electron chi connectivity index (χ2n) is 8.70. The lowest BCUT2D eigenvalue weighted by Crippen LogP contribution is -2.49. The summed E-state index contributed by atoms with van der Waals surface area (Å²) in [6, 6.07) is 6.09. The highest BCUT2D eigenvalue weighted by Crippen LogP contribution is 2.29. The van der Waals surface area contributed by atoms with Crippen LogP contribution >= 0.6 is 24.0 Å². The summed E-state index contributed by atoms with van der Waals surface area (Å²) in [5, 5.41) is 17.2. The first-order chi connectivity index (χ1) is 14.7. The highest BCUT2D eigenvalue weighted by molar-refractivity contribution is 14.0. The van der Waals surface area contributed by atoms with Crippen LogP contribution in [0, 0.1) is 5.92 Å². The summed E-state index contributed by atoms with van der Waals surface area (Å²) in [5.74, 6) is 2.54. The lowest BCUT2D eigenvalue weighted by atomic mass is 9.88. The Balaban J connectivity index is 0.00000341. The number of rotatable bonds is 8. The first-order valence-corrected chi connectivity index (χ1v) is 11.8. The van der Waals surface area contributed by atoms with Gasteiger partial charge in [0.25, 0.3) is 0 Å². The van der Waals surface area contributed by atoms with Gasteiger partial charge in [0, 0.05) is 38.8 Å². The molecule has 0 spiro atoms. The quantitative estimate of drug-likeness (QED) is 0.261. The fraction of sp³-hybridized carbons (Fsp3) is 0.708. The van der Waals surface area contributed by atoms with E-state index in [0.717, 1.165) is 24.0 Å². The maximum Gasteiger partial charge on any atom is 0.191 e. The number of nitrogens with zero attached hydrogens (tertiary/aromatic N) is 2. The summed E-state index contributed by atoms with van der Waals surface area (Å²) in [6.45, 7) is 7.23. The van der Waals surface area contributed by atoms with Crippen LogP contribution in [0.5, 0.6) is 11.5 Å². The molecule has 1 aromatic carbocycles. The Labute approximate surface area is 205 Å². The van der Waals surface area contributed by atoms with Gasteiger partial charge in [-0.3, -0.25) is 4.99 Å². The molecule has 0 unspecified atom stereocenters. The summed E-state index contributed by atoms with van der Waals surface area (Å²) >= 11 is 0. The summed E-state index contributed by atoms with van der Waals surface area (Å²) in [7, 11) is 1.57. The van der Waals surface area contributed by atoms with Crippen LogP contribution < -0.4 is 15.4 Å². The smallest absolute Gasteiger partial charge is 0.191 e. The van der Waals surface area contributed by atoms with Crippen molar-refractivity contribution < 1.29 is 9.84 Å². The number of piperidine rings is 1. The summed E-state index contributed by atoms with van der Waals surface area (Å²) in [4.78, 5) is 7.41. The number of likely N-dealkylation sites (tertiary alicyclic amines) is 1. The Morgan fingerprint density at radius 3 is 2.58 bits per heavy atom. The molecule has 31 heavy (non-hydrogen) atoms.